The number of fused-ring (bicyclic) bond motifs is 3. The number of nitrogens with two attached hydrogens (primary N) is 2. The average Bonchev–Trinajstić information content (AvgIpc) is 2.27. The molecule has 0 radical (unpaired) electrons. The van der Waals surface area contributed by atoms with Gasteiger partial charge in [0.15, 0.2) is 5.96 Å². The minimum atomic E-state index is 0.222. The number of guanidine groups is 1. The first kappa shape index (κ1) is 11.7. The van der Waals surface area contributed by atoms with Gasteiger partial charge >= 0.3 is 0 Å². The van der Waals surface area contributed by atoms with Crippen molar-refractivity contribution in [3.05, 3.63) is 0 Å². The maximum Gasteiger partial charge on any atom is 0.186 e. The molecule has 0 spiro atoms. The molecule has 3 heterocycles. The van der Waals surface area contributed by atoms with Crippen LogP contribution in [0, 0.1) is 0 Å². The molecule has 0 amide bonds. The third-order valence-corrected chi connectivity index (χ3v) is 4.73. The molecule has 2 bridgehead atoms. The summed E-state index contributed by atoms with van der Waals surface area (Å²) in [5.74, 6) is 0.222. The highest BCUT2D eigenvalue weighted by Gasteiger charge is 2.49. The van der Waals surface area contributed by atoms with Gasteiger partial charge in [-0.25, -0.2) is 4.99 Å². The highest BCUT2D eigenvalue weighted by molar-refractivity contribution is 5.75. The number of quaternary nitrogens is 2. The predicted molar refractivity (Wildman–Crippen MR) is 65.8 cm³/mol. The number of rotatable bonds is 3. The van der Waals surface area contributed by atoms with E-state index in [1.165, 1.54) is 48.2 Å². The van der Waals surface area contributed by atoms with E-state index < -0.39 is 0 Å². The van der Waals surface area contributed by atoms with Gasteiger partial charge in [-0.3, -0.25) is 0 Å². The maximum absolute atomic E-state index is 5.40. The van der Waals surface area contributed by atoms with Gasteiger partial charge in [0.25, 0.3) is 0 Å². The highest BCUT2D eigenvalue weighted by Crippen LogP contribution is 2.27. The average molecular weight is 227 g/mol. The van der Waals surface area contributed by atoms with E-state index in [0.29, 0.717) is 6.04 Å². The van der Waals surface area contributed by atoms with Crippen LogP contribution in [0.3, 0.4) is 0 Å². The van der Waals surface area contributed by atoms with E-state index in [2.05, 4.69) is 19.0 Å². The topological polar surface area (TPSA) is 64.4 Å². The summed E-state index contributed by atoms with van der Waals surface area (Å²) < 4.78 is 2.50. The standard InChI is InChI=1S/C11H25N5/c1-10(9-14-11(12)13)16-6-3-15(2,4-7-16)5-8-16/h10H,3-9H2,1-2H3,(H4,12,13,14)/q+2/t10-,15?,16?/m1/s1. The predicted octanol–water partition coefficient (Wildman–Crippen LogP) is -1.06. The second kappa shape index (κ2) is 3.89. The van der Waals surface area contributed by atoms with E-state index in [0.717, 1.165) is 6.54 Å². The molecule has 3 rings (SSSR count). The Morgan fingerprint density at radius 1 is 1.12 bits per heavy atom. The molecule has 92 valence electrons. The molecule has 3 fully saturated rings. The summed E-state index contributed by atoms with van der Waals surface area (Å²) in [7, 11) is 2.38. The number of likely N-dealkylation sites (N-methyl/N-ethyl adjacent to an activating group) is 1. The van der Waals surface area contributed by atoms with Crippen LogP contribution in [-0.2, 0) is 0 Å². The Labute approximate surface area is 97.9 Å². The largest absolute Gasteiger partial charge is 0.370 e. The second-order valence-electron chi connectivity index (χ2n) is 5.79. The molecule has 3 aliphatic rings. The van der Waals surface area contributed by atoms with Gasteiger partial charge in [-0.05, 0) is 6.92 Å². The second-order valence-corrected chi connectivity index (χ2v) is 5.79. The molecule has 16 heavy (non-hydrogen) atoms. The van der Waals surface area contributed by atoms with Gasteiger partial charge in [-0.15, -0.1) is 0 Å². The van der Waals surface area contributed by atoms with Crippen LogP contribution in [0.25, 0.3) is 0 Å². The zero-order valence-corrected chi connectivity index (χ0v) is 10.5. The fourth-order valence-corrected chi connectivity index (χ4v) is 3.06. The molecule has 0 aromatic carbocycles. The zero-order chi connectivity index (χ0) is 11.8. The zero-order valence-electron chi connectivity index (χ0n) is 10.5. The first-order valence-corrected chi connectivity index (χ1v) is 6.21. The molecule has 4 N–H and O–H groups in total. The van der Waals surface area contributed by atoms with Crippen molar-refractivity contribution in [2.75, 3.05) is 52.9 Å². The molecule has 0 aliphatic carbocycles. The summed E-state index contributed by atoms with van der Waals surface area (Å²) in [5, 5.41) is 0. The third-order valence-electron chi connectivity index (χ3n) is 4.73. The molecule has 3 aliphatic heterocycles. The van der Waals surface area contributed by atoms with Gasteiger partial charge in [-0.2, -0.15) is 0 Å². The van der Waals surface area contributed by atoms with E-state index in [4.69, 9.17) is 11.5 Å². The van der Waals surface area contributed by atoms with Crippen molar-refractivity contribution in [3.8, 4) is 0 Å². The summed E-state index contributed by atoms with van der Waals surface area (Å²) in [5.41, 5.74) is 10.8. The van der Waals surface area contributed by atoms with E-state index in [9.17, 15) is 0 Å². The van der Waals surface area contributed by atoms with E-state index in [1.54, 1.807) is 0 Å². The number of nitrogens with zero attached hydrogens (tertiary/aromatic N) is 3. The molecular formula is C11H25N5+2. The summed E-state index contributed by atoms with van der Waals surface area (Å²) in [4.78, 5) is 4.18. The Morgan fingerprint density at radius 2 is 1.62 bits per heavy atom. The number of hydrogen-bond donors (Lipinski definition) is 2. The molecule has 5 nitrogen and oxygen atoms in total. The summed E-state index contributed by atoms with van der Waals surface area (Å²) in [6.45, 7) is 10.9. The van der Waals surface area contributed by atoms with Crippen LogP contribution in [0.5, 0.6) is 0 Å². The summed E-state index contributed by atoms with van der Waals surface area (Å²) in [6, 6.07) is 0.552. The van der Waals surface area contributed by atoms with Gasteiger partial charge in [0.2, 0.25) is 0 Å². The van der Waals surface area contributed by atoms with Crippen molar-refractivity contribution < 1.29 is 8.97 Å². The molecule has 1 atom stereocenters. The van der Waals surface area contributed by atoms with Gasteiger partial charge in [0.1, 0.15) is 45.3 Å². The molecule has 5 heteroatoms. The molecular weight excluding hydrogens is 202 g/mol. The van der Waals surface area contributed by atoms with Crippen molar-refractivity contribution in [3.63, 3.8) is 0 Å². The lowest BCUT2D eigenvalue weighted by Crippen LogP contribution is -2.76. The molecule has 0 saturated carbocycles. The summed E-state index contributed by atoms with van der Waals surface area (Å²) in [6.07, 6.45) is 0. The lowest BCUT2D eigenvalue weighted by molar-refractivity contribution is -1.08. The molecule has 0 unspecified atom stereocenters. The van der Waals surface area contributed by atoms with Crippen molar-refractivity contribution >= 4 is 5.96 Å². The van der Waals surface area contributed by atoms with Crippen LogP contribution < -0.4 is 11.5 Å². The van der Waals surface area contributed by atoms with Gasteiger partial charge in [0, 0.05) is 0 Å². The quantitative estimate of drug-likeness (QED) is 0.367. The third kappa shape index (κ3) is 2.01. The monoisotopic (exact) mass is 227 g/mol. The van der Waals surface area contributed by atoms with E-state index in [1.807, 2.05) is 0 Å². The molecule has 0 aromatic rings. The van der Waals surface area contributed by atoms with Crippen molar-refractivity contribution in [1.29, 1.82) is 0 Å². The van der Waals surface area contributed by atoms with Crippen molar-refractivity contribution in [2.45, 2.75) is 13.0 Å². The minimum absolute atomic E-state index is 0.222. The van der Waals surface area contributed by atoms with E-state index in [-0.39, 0.29) is 5.96 Å². The Kier molecular flexibility index (Phi) is 2.84. The smallest absolute Gasteiger partial charge is 0.186 e. The number of piperazine rings is 3. The first-order chi connectivity index (χ1) is 7.46. The van der Waals surface area contributed by atoms with Crippen LogP contribution in [0.2, 0.25) is 0 Å². The Morgan fingerprint density at radius 3 is 2.06 bits per heavy atom. The van der Waals surface area contributed by atoms with Gasteiger partial charge in [0.05, 0.1) is 13.6 Å². The molecule has 3 saturated heterocycles. The lowest BCUT2D eigenvalue weighted by atomic mass is 10.0. The number of aliphatic imine (C=N–C) groups is 1. The Balaban J connectivity index is 2.01. The SMILES string of the molecule is C[C@H](CN=C(N)N)[N+]12CC[N+](C)(CC1)CC2. The van der Waals surface area contributed by atoms with Crippen LogP contribution in [0.15, 0.2) is 4.99 Å². The van der Waals surface area contributed by atoms with Crippen molar-refractivity contribution in [1.82, 2.24) is 0 Å². The van der Waals surface area contributed by atoms with Gasteiger partial charge in [-0.1, -0.05) is 0 Å². The van der Waals surface area contributed by atoms with Crippen LogP contribution in [0.1, 0.15) is 6.92 Å². The van der Waals surface area contributed by atoms with Crippen molar-refractivity contribution in [2.24, 2.45) is 16.5 Å². The lowest BCUT2D eigenvalue weighted by Gasteiger charge is -2.56. The fourth-order valence-electron chi connectivity index (χ4n) is 3.06. The summed E-state index contributed by atoms with van der Waals surface area (Å²) >= 11 is 0. The van der Waals surface area contributed by atoms with Crippen LogP contribution in [0.4, 0.5) is 0 Å². The van der Waals surface area contributed by atoms with Crippen LogP contribution >= 0.6 is 0 Å². The van der Waals surface area contributed by atoms with Gasteiger partial charge < -0.3 is 20.4 Å². The fraction of sp³-hybridized carbons (Fsp3) is 0.909. The number of hydrogen-bond acceptors (Lipinski definition) is 1. The van der Waals surface area contributed by atoms with Crippen LogP contribution in [-0.4, -0.2) is 73.8 Å². The molecule has 0 aromatic heterocycles. The minimum Gasteiger partial charge on any atom is -0.370 e. The highest BCUT2D eigenvalue weighted by atomic mass is 15.5. The first-order valence-electron chi connectivity index (χ1n) is 6.21. The normalized spacial score (nSPS) is 39.4. The Hall–Kier alpha value is -0.810. The maximum atomic E-state index is 5.40. The Bertz CT molecular complexity index is 270. The van der Waals surface area contributed by atoms with E-state index >= 15 is 0 Å².